The molecule has 0 N–H and O–H groups in total. The zero-order chi connectivity index (χ0) is 22.0. The summed E-state index contributed by atoms with van der Waals surface area (Å²) in [6, 6.07) is 11.4. The summed E-state index contributed by atoms with van der Waals surface area (Å²) < 4.78 is 6.43. The molecule has 0 saturated heterocycles. The van der Waals surface area contributed by atoms with Crippen LogP contribution < -0.4 is 11.4 Å². The number of rotatable bonds is 3. The van der Waals surface area contributed by atoms with Gasteiger partial charge in [0, 0.05) is 39.0 Å². The summed E-state index contributed by atoms with van der Waals surface area (Å²) >= 11 is 5.73. The van der Waals surface area contributed by atoms with Gasteiger partial charge in [0.2, 0.25) is 0 Å². The number of alkyl halides is 1. The van der Waals surface area contributed by atoms with Crippen LogP contribution in [-0.4, -0.2) is 18.3 Å². The fourth-order valence-electron chi connectivity index (χ4n) is 3.40. The summed E-state index contributed by atoms with van der Waals surface area (Å²) in [5, 5.41) is 3.49. The number of nitrogens with zero attached hydrogens (tertiary/aromatic N) is 7. The predicted octanol–water partition coefficient (Wildman–Crippen LogP) is 3.30. The van der Waals surface area contributed by atoms with Crippen molar-refractivity contribution in [1.82, 2.24) is 18.3 Å². The van der Waals surface area contributed by atoms with Gasteiger partial charge in [-0.1, -0.05) is 17.2 Å². The van der Waals surface area contributed by atoms with Crippen molar-refractivity contribution in [3.05, 3.63) is 78.9 Å². The average Bonchev–Trinajstić information content (AvgIpc) is 3.12. The van der Waals surface area contributed by atoms with Gasteiger partial charge in [-0.15, -0.1) is 11.6 Å². The number of azide groups is 1. The summed E-state index contributed by atoms with van der Waals surface area (Å²) in [5.74, 6) is 0.471. The van der Waals surface area contributed by atoms with Crippen LogP contribution in [0.4, 0.5) is 0 Å². The SMILES string of the molecule is Cn1c(=O)n(C)c2cc(CCl)ccc21.Cn1c(=O)n(C)c2cc(CN=[N+]=[N-])ccc21. The minimum Gasteiger partial charge on any atom is -0.295 e. The number of imidazole rings is 2. The van der Waals surface area contributed by atoms with Crippen molar-refractivity contribution in [2.45, 2.75) is 12.4 Å². The number of hydrogen-bond acceptors (Lipinski definition) is 3. The Morgan fingerprint density at radius 3 is 1.70 bits per heavy atom. The molecule has 2 aromatic heterocycles. The van der Waals surface area contributed by atoms with E-state index in [1.165, 1.54) is 0 Å². The number of hydrogen-bond donors (Lipinski definition) is 0. The smallest absolute Gasteiger partial charge is 0.295 e. The monoisotopic (exact) mass is 427 g/mol. The van der Waals surface area contributed by atoms with Gasteiger partial charge < -0.3 is 0 Å². The summed E-state index contributed by atoms with van der Waals surface area (Å²) in [6.45, 7) is 0.301. The molecule has 9 nitrogen and oxygen atoms in total. The molecule has 0 saturated carbocycles. The lowest BCUT2D eigenvalue weighted by atomic mass is 10.2. The number of fused-ring (bicyclic) bond motifs is 2. The van der Waals surface area contributed by atoms with Crippen LogP contribution in [0.2, 0.25) is 0 Å². The first-order chi connectivity index (χ1) is 14.3. The lowest BCUT2D eigenvalue weighted by Gasteiger charge is -1.98. The highest BCUT2D eigenvalue weighted by Gasteiger charge is 2.08. The molecular formula is C20H22ClN7O2. The first-order valence-corrected chi connectivity index (χ1v) is 9.69. The molecule has 0 unspecified atom stereocenters. The molecule has 0 spiro atoms. The zero-order valence-corrected chi connectivity index (χ0v) is 18.0. The van der Waals surface area contributed by atoms with E-state index in [0.29, 0.717) is 12.4 Å². The third-order valence-corrected chi connectivity index (χ3v) is 5.45. The van der Waals surface area contributed by atoms with E-state index in [1.807, 2.05) is 36.4 Å². The Morgan fingerprint density at radius 2 is 1.23 bits per heavy atom. The Kier molecular flexibility index (Phi) is 6.05. The van der Waals surface area contributed by atoms with Crippen molar-refractivity contribution >= 4 is 33.7 Å². The molecule has 0 bridgehead atoms. The van der Waals surface area contributed by atoms with E-state index in [4.69, 9.17) is 17.1 Å². The van der Waals surface area contributed by atoms with Gasteiger partial charge in [-0.25, -0.2) is 9.59 Å². The van der Waals surface area contributed by atoms with Crippen LogP contribution in [0.5, 0.6) is 0 Å². The van der Waals surface area contributed by atoms with Crippen molar-refractivity contribution in [1.29, 1.82) is 0 Å². The Morgan fingerprint density at radius 1 is 0.800 bits per heavy atom. The maximum Gasteiger partial charge on any atom is 0.328 e. The van der Waals surface area contributed by atoms with Gasteiger partial charge in [0.15, 0.2) is 0 Å². The first-order valence-electron chi connectivity index (χ1n) is 9.15. The predicted molar refractivity (Wildman–Crippen MR) is 119 cm³/mol. The molecule has 4 aromatic rings. The van der Waals surface area contributed by atoms with E-state index in [1.54, 1.807) is 46.5 Å². The number of aromatic nitrogens is 4. The van der Waals surface area contributed by atoms with E-state index in [9.17, 15) is 9.59 Å². The number of halogens is 1. The molecule has 0 fully saturated rings. The molecule has 10 heteroatoms. The van der Waals surface area contributed by atoms with Crippen LogP contribution >= 0.6 is 11.6 Å². The first kappa shape index (κ1) is 21.3. The number of aryl methyl sites for hydroxylation is 4. The van der Waals surface area contributed by atoms with Crippen LogP contribution in [0.1, 0.15) is 11.1 Å². The van der Waals surface area contributed by atoms with Crippen LogP contribution in [0.3, 0.4) is 0 Å². The summed E-state index contributed by atoms with van der Waals surface area (Å²) in [5.41, 5.74) is 13.7. The molecule has 0 radical (unpaired) electrons. The zero-order valence-electron chi connectivity index (χ0n) is 17.2. The average molecular weight is 428 g/mol. The van der Waals surface area contributed by atoms with Gasteiger partial charge in [-0.3, -0.25) is 18.3 Å². The molecule has 30 heavy (non-hydrogen) atoms. The molecule has 156 valence electrons. The second kappa shape index (κ2) is 8.52. The second-order valence-corrected chi connectivity index (χ2v) is 7.24. The fraction of sp³-hybridized carbons (Fsp3) is 0.300. The highest BCUT2D eigenvalue weighted by molar-refractivity contribution is 6.17. The second-order valence-electron chi connectivity index (χ2n) is 6.97. The van der Waals surface area contributed by atoms with E-state index in [2.05, 4.69) is 10.0 Å². The van der Waals surface area contributed by atoms with E-state index in [0.717, 1.165) is 33.2 Å². The van der Waals surface area contributed by atoms with Crippen molar-refractivity contribution in [2.24, 2.45) is 33.3 Å². The topological polar surface area (TPSA) is 103 Å². The molecule has 0 aliphatic heterocycles. The minimum atomic E-state index is -0.0593. The largest absolute Gasteiger partial charge is 0.328 e. The molecule has 0 aliphatic carbocycles. The Hall–Kier alpha value is -3.42. The van der Waals surface area contributed by atoms with Crippen LogP contribution in [0, 0.1) is 0 Å². The van der Waals surface area contributed by atoms with Crippen molar-refractivity contribution < 1.29 is 0 Å². The Balaban J connectivity index is 0.000000172. The van der Waals surface area contributed by atoms with Gasteiger partial charge in [0.1, 0.15) is 0 Å². The van der Waals surface area contributed by atoms with Crippen LogP contribution in [0.15, 0.2) is 51.1 Å². The van der Waals surface area contributed by atoms with Gasteiger partial charge >= 0.3 is 11.4 Å². The Labute approximate surface area is 177 Å². The molecule has 0 atom stereocenters. The quantitative estimate of drug-likeness (QED) is 0.217. The van der Waals surface area contributed by atoms with E-state index < -0.39 is 0 Å². The normalized spacial score (nSPS) is 10.7. The lowest BCUT2D eigenvalue weighted by Crippen LogP contribution is -2.19. The van der Waals surface area contributed by atoms with Crippen LogP contribution in [-0.2, 0) is 40.6 Å². The van der Waals surface area contributed by atoms with Crippen LogP contribution in [0.25, 0.3) is 32.5 Å². The fourth-order valence-corrected chi connectivity index (χ4v) is 3.57. The lowest BCUT2D eigenvalue weighted by molar-refractivity contribution is 0.795. The third kappa shape index (κ3) is 3.72. The van der Waals surface area contributed by atoms with Crippen molar-refractivity contribution in [2.75, 3.05) is 0 Å². The van der Waals surface area contributed by atoms with Crippen molar-refractivity contribution in [3.63, 3.8) is 0 Å². The summed E-state index contributed by atoms with van der Waals surface area (Å²) in [4.78, 5) is 25.9. The molecule has 2 heterocycles. The highest BCUT2D eigenvalue weighted by atomic mass is 35.5. The minimum absolute atomic E-state index is 0.00766. The third-order valence-electron chi connectivity index (χ3n) is 5.14. The standard InChI is InChI=1S/C10H11ClN2O.C10H11N5O/c1-12-8-4-3-7(6-11)5-9(8)13(2)10(12)14;1-14-8-4-3-7(6-12-13-11)5-9(8)15(2)10(14)16/h3-5H,6H2,1-2H3;3-5H,6H2,1-2H3. The van der Waals surface area contributed by atoms with Gasteiger partial charge in [-0.05, 0) is 40.9 Å². The van der Waals surface area contributed by atoms with Crippen molar-refractivity contribution in [3.8, 4) is 0 Å². The van der Waals surface area contributed by atoms with Gasteiger partial charge in [-0.2, -0.15) is 0 Å². The number of benzene rings is 2. The highest BCUT2D eigenvalue weighted by Crippen LogP contribution is 2.15. The molecule has 0 aliphatic rings. The molecule has 4 rings (SSSR count). The maximum atomic E-state index is 11.7. The molecule has 0 amide bonds. The Bertz CT molecular complexity index is 1400. The van der Waals surface area contributed by atoms with Gasteiger partial charge in [0.05, 0.1) is 28.6 Å². The maximum absolute atomic E-state index is 11.7. The molecule has 2 aromatic carbocycles. The van der Waals surface area contributed by atoms with E-state index in [-0.39, 0.29) is 11.4 Å². The van der Waals surface area contributed by atoms with E-state index >= 15 is 0 Å². The summed E-state index contributed by atoms with van der Waals surface area (Å²) in [6.07, 6.45) is 0. The van der Waals surface area contributed by atoms with Gasteiger partial charge in [0.25, 0.3) is 0 Å². The molecular weight excluding hydrogens is 406 g/mol. The summed E-state index contributed by atoms with van der Waals surface area (Å²) in [7, 11) is 6.99.